The molecule has 1 aromatic carbocycles. The summed E-state index contributed by atoms with van der Waals surface area (Å²) < 4.78 is 18.8. The van der Waals surface area contributed by atoms with E-state index in [1.165, 1.54) is 18.5 Å². The number of urea groups is 1. The maximum atomic E-state index is 13.5. The minimum atomic E-state index is -0.495. The number of ether oxygens (including phenoxy) is 1. The highest BCUT2D eigenvalue weighted by molar-refractivity contribution is 6.31. The van der Waals surface area contributed by atoms with Gasteiger partial charge in [-0.1, -0.05) is 11.6 Å². The Kier molecular flexibility index (Phi) is 7.05. The van der Waals surface area contributed by atoms with Gasteiger partial charge in [0.15, 0.2) is 5.82 Å². The third kappa shape index (κ3) is 5.68. The van der Waals surface area contributed by atoms with Crippen LogP contribution in [-0.2, 0) is 4.74 Å². The fraction of sp³-hybridized carbons (Fsp3) is 0.435. The van der Waals surface area contributed by atoms with Gasteiger partial charge in [-0.2, -0.15) is 0 Å². The molecule has 3 aromatic rings. The molecule has 1 saturated carbocycles. The maximum absolute atomic E-state index is 13.5. The Morgan fingerprint density at radius 2 is 1.97 bits per heavy atom. The van der Waals surface area contributed by atoms with E-state index >= 15 is 0 Å². The van der Waals surface area contributed by atoms with Crippen molar-refractivity contribution in [2.24, 2.45) is 0 Å². The number of aromatic nitrogens is 4. The smallest absolute Gasteiger partial charge is 0.317 e. The Hall–Kier alpha value is -3.31. The number of benzene rings is 1. The van der Waals surface area contributed by atoms with E-state index in [1.807, 2.05) is 0 Å². The molecule has 0 spiro atoms. The van der Waals surface area contributed by atoms with Crippen molar-refractivity contribution in [1.82, 2.24) is 30.2 Å². The second kappa shape index (κ2) is 10.5. The van der Waals surface area contributed by atoms with Crippen LogP contribution in [0.15, 0.2) is 30.7 Å². The predicted octanol–water partition coefficient (Wildman–Crippen LogP) is 3.72. The Balaban J connectivity index is 1.27. The van der Waals surface area contributed by atoms with Crippen LogP contribution in [0.3, 0.4) is 0 Å². The van der Waals surface area contributed by atoms with Gasteiger partial charge in [0.1, 0.15) is 23.2 Å². The zero-order chi connectivity index (χ0) is 24.2. The molecule has 2 aliphatic rings. The molecule has 2 atom stereocenters. The number of nitrogens with zero attached hydrogens (tertiary/aromatic N) is 5. The summed E-state index contributed by atoms with van der Waals surface area (Å²) >= 11 is 5.90. The lowest BCUT2D eigenvalue weighted by Gasteiger charge is -2.33. The number of carbonyl (C=O) groups excluding carboxylic acids is 1. The third-order valence-corrected chi connectivity index (χ3v) is 6.48. The number of halogens is 2. The second-order valence-electron chi connectivity index (χ2n) is 8.66. The standard InChI is InChI=1S/C23H26ClFN8O2/c24-17-11-16(4-5-18(17)25)29-21-20-19(27-13-28-21)12-26-22(32-20)30-14-2-1-3-15(10-14)31-23(34)33-6-8-35-9-7-33/h4-5,11-15H,1-3,6-10H2,(H,31,34)(H,26,30,32)(H,27,28,29). The van der Waals surface area contributed by atoms with Crippen LogP contribution in [-0.4, -0.2) is 69.3 Å². The zero-order valence-corrected chi connectivity index (χ0v) is 19.8. The molecular weight excluding hydrogens is 475 g/mol. The molecule has 3 N–H and O–H groups in total. The summed E-state index contributed by atoms with van der Waals surface area (Å²) in [6.07, 6.45) is 6.71. The van der Waals surface area contributed by atoms with Crippen LogP contribution in [0, 0.1) is 5.82 Å². The Bertz CT molecular complexity index is 1210. The first-order valence-corrected chi connectivity index (χ1v) is 12.0. The van der Waals surface area contributed by atoms with Crippen LogP contribution in [0.25, 0.3) is 11.0 Å². The number of morpholine rings is 1. The summed E-state index contributed by atoms with van der Waals surface area (Å²) in [7, 11) is 0. The monoisotopic (exact) mass is 500 g/mol. The van der Waals surface area contributed by atoms with Crippen LogP contribution in [0.5, 0.6) is 0 Å². The molecular formula is C23H26ClFN8O2. The summed E-state index contributed by atoms with van der Waals surface area (Å²) in [6, 6.07) is 4.51. The molecule has 0 bridgehead atoms. The molecule has 5 rings (SSSR count). The Morgan fingerprint density at radius 3 is 2.80 bits per heavy atom. The molecule has 2 fully saturated rings. The summed E-state index contributed by atoms with van der Waals surface area (Å²) in [5.74, 6) is 0.422. The SMILES string of the molecule is O=C(NC1CCCC(Nc2ncc3ncnc(Nc4ccc(F)c(Cl)c4)c3n2)C1)N1CCOCC1. The van der Waals surface area contributed by atoms with Gasteiger partial charge in [-0.05, 0) is 43.9 Å². The van der Waals surface area contributed by atoms with Crippen molar-refractivity contribution in [3.8, 4) is 0 Å². The zero-order valence-electron chi connectivity index (χ0n) is 19.0. The number of fused-ring (bicyclic) bond motifs is 1. The summed E-state index contributed by atoms with van der Waals surface area (Å²) in [5, 5.41) is 9.70. The number of amides is 2. The van der Waals surface area contributed by atoms with Gasteiger partial charge in [-0.25, -0.2) is 29.1 Å². The van der Waals surface area contributed by atoms with Crippen LogP contribution in [0.2, 0.25) is 5.02 Å². The molecule has 10 nitrogen and oxygen atoms in total. The lowest BCUT2D eigenvalue weighted by Crippen LogP contribution is -2.51. The molecule has 1 aliphatic heterocycles. The lowest BCUT2D eigenvalue weighted by atomic mass is 9.91. The van der Waals surface area contributed by atoms with Crippen molar-refractivity contribution >= 4 is 46.1 Å². The van der Waals surface area contributed by atoms with E-state index in [2.05, 4.69) is 35.9 Å². The first-order chi connectivity index (χ1) is 17.0. The molecule has 12 heteroatoms. The van der Waals surface area contributed by atoms with E-state index in [9.17, 15) is 9.18 Å². The highest BCUT2D eigenvalue weighted by atomic mass is 35.5. The molecule has 1 aliphatic carbocycles. The fourth-order valence-electron chi connectivity index (χ4n) is 4.39. The van der Waals surface area contributed by atoms with E-state index in [1.54, 1.807) is 17.2 Å². The first-order valence-electron chi connectivity index (χ1n) is 11.6. The van der Waals surface area contributed by atoms with Gasteiger partial charge >= 0.3 is 6.03 Å². The van der Waals surface area contributed by atoms with Crippen LogP contribution >= 0.6 is 11.6 Å². The minimum Gasteiger partial charge on any atom is -0.378 e. The molecule has 2 aromatic heterocycles. The van der Waals surface area contributed by atoms with Gasteiger partial charge in [-0.15, -0.1) is 0 Å². The van der Waals surface area contributed by atoms with Crippen LogP contribution < -0.4 is 16.0 Å². The van der Waals surface area contributed by atoms with E-state index in [4.69, 9.17) is 16.3 Å². The maximum Gasteiger partial charge on any atom is 0.317 e. The number of hydrogen-bond acceptors (Lipinski definition) is 8. The third-order valence-electron chi connectivity index (χ3n) is 6.19. The van der Waals surface area contributed by atoms with Crippen molar-refractivity contribution < 1.29 is 13.9 Å². The number of nitrogens with one attached hydrogen (secondary N) is 3. The van der Waals surface area contributed by atoms with Crippen LogP contribution in [0.1, 0.15) is 25.7 Å². The Labute approximate surface area is 206 Å². The van der Waals surface area contributed by atoms with E-state index < -0.39 is 5.82 Å². The van der Waals surface area contributed by atoms with E-state index in [0.717, 1.165) is 25.7 Å². The minimum absolute atomic E-state index is 0.0120. The van der Waals surface area contributed by atoms with Crippen molar-refractivity contribution in [1.29, 1.82) is 0 Å². The first kappa shape index (κ1) is 23.4. The van der Waals surface area contributed by atoms with Gasteiger partial charge in [0.25, 0.3) is 0 Å². The van der Waals surface area contributed by atoms with Crippen molar-refractivity contribution in [3.05, 3.63) is 41.6 Å². The van der Waals surface area contributed by atoms with E-state index in [0.29, 0.717) is 54.8 Å². The van der Waals surface area contributed by atoms with E-state index in [-0.39, 0.29) is 23.1 Å². The molecule has 0 radical (unpaired) electrons. The van der Waals surface area contributed by atoms with Gasteiger partial charge < -0.3 is 25.6 Å². The fourth-order valence-corrected chi connectivity index (χ4v) is 4.57. The predicted molar refractivity (Wildman–Crippen MR) is 130 cm³/mol. The van der Waals surface area contributed by atoms with Gasteiger partial charge in [0, 0.05) is 30.9 Å². The van der Waals surface area contributed by atoms with Gasteiger partial charge in [0.05, 0.1) is 24.4 Å². The quantitative estimate of drug-likeness (QED) is 0.485. The lowest BCUT2D eigenvalue weighted by molar-refractivity contribution is 0.0521. The summed E-state index contributed by atoms with van der Waals surface area (Å²) in [6.45, 7) is 2.40. The second-order valence-corrected chi connectivity index (χ2v) is 9.06. The van der Waals surface area contributed by atoms with Gasteiger partial charge in [0.2, 0.25) is 5.95 Å². The number of carbonyl (C=O) groups is 1. The molecule has 2 amide bonds. The summed E-state index contributed by atoms with van der Waals surface area (Å²) in [5.41, 5.74) is 1.68. The van der Waals surface area contributed by atoms with Crippen molar-refractivity contribution in [2.45, 2.75) is 37.8 Å². The normalized spacial score (nSPS) is 20.5. The van der Waals surface area contributed by atoms with Crippen molar-refractivity contribution in [3.63, 3.8) is 0 Å². The van der Waals surface area contributed by atoms with Gasteiger partial charge in [-0.3, -0.25) is 0 Å². The average Bonchev–Trinajstić information content (AvgIpc) is 2.87. The highest BCUT2D eigenvalue weighted by Crippen LogP contribution is 2.26. The number of hydrogen-bond donors (Lipinski definition) is 3. The molecule has 184 valence electrons. The highest BCUT2D eigenvalue weighted by Gasteiger charge is 2.26. The van der Waals surface area contributed by atoms with Crippen LogP contribution in [0.4, 0.5) is 26.6 Å². The average molecular weight is 501 g/mol. The molecule has 35 heavy (non-hydrogen) atoms. The number of anilines is 3. The van der Waals surface area contributed by atoms with Crippen molar-refractivity contribution in [2.75, 3.05) is 36.9 Å². The summed E-state index contributed by atoms with van der Waals surface area (Å²) in [4.78, 5) is 32.0. The largest absolute Gasteiger partial charge is 0.378 e. The number of rotatable bonds is 5. The topological polar surface area (TPSA) is 117 Å². The molecule has 1 saturated heterocycles. The molecule has 2 unspecified atom stereocenters. The molecule has 3 heterocycles. The Morgan fingerprint density at radius 1 is 1.14 bits per heavy atom.